The van der Waals surface area contributed by atoms with Gasteiger partial charge >= 0.3 is 5.97 Å². The highest BCUT2D eigenvalue weighted by atomic mass is 16.4. The normalized spacial score (nSPS) is 16.4. The van der Waals surface area contributed by atoms with Crippen molar-refractivity contribution in [2.45, 2.75) is 38.8 Å². The van der Waals surface area contributed by atoms with Crippen LogP contribution in [0.2, 0.25) is 0 Å². The zero-order valence-electron chi connectivity index (χ0n) is 11.6. The minimum absolute atomic E-state index is 0.00721. The molecule has 0 amide bonds. The summed E-state index contributed by atoms with van der Waals surface area (Å²) < 4.78 is 5.25. The molecule has 1 atom stereocenters. The second-order valence-corrected chi connectivity index (χ2v) is 5.75. The summed E-state index contributed by atoms with van der Waals surface area (Å²) in [5, 5.41) is 13.3. The van der Waals surface area contributed by atoms with Crippen LogP contribution < -0.4 is 5.32 Å². The van der Waals surface area contributed by atoms with Gasteiger partial charge in [-0.1, -0.05) is 18.9 Å². The van der Waals surface area contributed by atoms with E-state index in [1.807, 2.05) is 18.2 Å². The molecule has 1 heterocycles. The van der Waals surface area contributed by atoms with Crippen LogP contribution in [0.3, 0.4) is 0 Å². The fourth-order valence-corrected chi connectivity index (χ4v) is 2.54. The summed E-state index contributed by atoms with van der Waals surface area (Å²) in [7, 11) is 0. The lowest BCUT2D eigenvalue weighted by atomic mass is 10.1. The lowest BCUT2D eigenvalue weighted by Crippen LogP contribution is -2.25. The number of furan rings is 1. The molecule has 1 aromatic carbocycles. The van der Waals surface area contributed by atoms with Gasteiger partial charge in [-0.15, -0.1) is 0 Å². The topological polar surface area (TPSA) is 62.5 Å². The molecule has 0 saturated heterocycles. The Labute approximate surface area is 117 Å². The molecule has 1 unspecified atom stereocenters. The third kappa shape index (κ3) is 3.02. The first-order chi connectivity index (χ1) is 9.61. The average Bonchev–Trinajstić information content (AvgIpc) is 3.11. The number of carboxylic acid groups (broad SMARTS) is 1. The Balaban J connectivity index is 1.66. The Hall–Kier alpha value is -1.81. The van der Waals surface area contributed by atoms with Crippen molar-refractivity contribution in [3.8, 4) is 0 Å². The van der Waals surface area contributed by atoms with Crippen LogP contribution in [0.4, 0.5) is 0 Å². The number of benzene rings is 1. The van der Waals surface area contributed by atoms with Crippen LogP contribution in [0.5, 0.6) is 0 Å². The molecule has 0 radical (unpaired) electrons. The maximum atomic E-state index is 10.9. The van der Waals surface area contributed by atoms with Crippen LogP contribution in [0.1, 0.15) is 42.3 Å². The number of hydrogen-bond donors (Lipinski definition) is 2. The highest BCUT2D eigenvalue weighted by Gasteiger charge is 2.23. The highest BCUT2D eigenvalue weighted by molar-refractivity contribution is 5.91. The molecule has 1 aliphatic rings. The van der Waals surface area contributed by atoms with Gasteiger partial charge in [-0.25, -0.2) is 4.79 Å². The third-order valence-electron chi connectivity index (χ3n) is 3.83. The summed E-state index contributed by atoms with van der Waals surface area (Å²) in [5.41, 5.74) is 1.77. The molecule has 3 rings (SSSR count). The molecule has 2 aromatic rings. The first-order valence-corrected chi connectivity index (χ1v) is 7.11. The van der Waals surface area contributed by atoms with Gasteiger partial charge in [-0.3, -0.25) is 0 Å². The van der Waals surface area contributed by atoms with Crippen molar-refractivity contribution in [3.63, 3.8) is 0 Å². The Morgan fingerprint density at radius 3 is 2.95 bits per heavy atom. The molecule has 20 heavy (non-hydrogen) atoms. The number of aromatic carboxylic acids is 1. The maximum absolute atomic E-state index is 10.9. The molecule has 0 bridgehead atoms. The van der Waals surface area contributed by atoms with Gasteiger partial charge in [0.1, 0.15) is 5.58 Å². The SMILES string of the molecule is CC(CC1CC1)NCc1ccc2oc(C(=O)O)cc2c1. The fraction of sp³-hybridized carbons (Fsp3) is 0.438. The molecule has 106 valence electrons. The lowest BCUT2D eigenvalue weighted by molar-refractivity contribution is 0.0665. The molecule has 4 nitrogen and oxygen atoms in total. The van der Waals surface area contributed by atoms with E-state index < -0.39 is 5.97 Å². The van der Waals surface area contributed by atoms with Crippen LogP contribution in [0.15, 0.2) is 28.7 Å². The van der Waals surface area contributed by atoms with E-state index in [-0.39, 0.29) is 5.76 Å². The van der Waals surface area contributed by atoms with E-state index in [4.69, 9.17) is 9.52 Å². The second kappa shape index (κ2) is 5.29. The summed E-state index contributed by atoms with van der Waals surface area (Å²) >= 11 is 0. The van der Waals surface area contributed by atoms with Crippen LogP contribution in [0.25, 0.3) is 11.0 Å². The molecule has 1 saturated carbocycles. The van der Waals surface area contributed by atoms with Crippen molar-refractivity contribution in [3.05, 3.63) is 35.6 Å². The van der Waals surface area contributed by atoms with E-state index in [1.165, 1.54) is 19.3 Å². The first-order valence-electron chi connectivity index (χ1n) is 7.11. The predicted molar refractivity (Wildman–Crippen MR) is 76.8 cm³/mol. The number of carboxylic acids is 1. The molecular weight excluding hydrogens is 254 g/mol. The second-order valence-electron chi connectivity index (χ2n) is 5.75. The Bertz CT molecular complexity index is 628. The van der Waals surface area contributed by atoms with Crippen molar-refractivity contribution in [2.24, 2.45) is 5.92 Å². The largest absolute Gasteiger partial charge is 0.475 e. The number of fused-ring (bicyclic) bond motifs is 1. The van der Waals surface area contributed by atoms with E-state index in [0.29, 0.717) is 11.6 Å². The van der Waals surface area contributed by atoms with Crippen LogP contribution in [-0.4, -0.2) is 17.1 Å². The van der Waals surface area contributed by atoms with Gasteiger partial charge in [-0.05, 0) is 43.0 Å². The summed E-state index contributed by atoms with van der Waals surface area (Å²) in [5.74, 6) is -0.113. The number of hydrogen-bond acceptors (Lipinski definition) is 3. The van der Waals surface area contributed by atoms with E-state index >= 15 is 0 Å². The van der Waals surface area contributed by atoms with E-state index in [9.17, 15) is 4.79 Å². The van der Waals surface area contributed by atoms with E-state index in [2.05, 4.69) is 12.2 Å². The van der Waals surface area contributed by atoms with Crippen molar-refractivity contribution in [1.82, 2.24) is 5.32 Å². The first kappa shape index (κ1) is 13.2. The fourth-order valence-electron chi connectivity index (χ4n) is 2.54. The monoisotopic (exact) mass is 273 g/mol. The van der Waals surface area contributed by atoms with Crippen molar-refractivity contribution in [1.29, 1.82) is 0 Å². The molecule has 0 spiro atoms. The molecule has 1 aliphatic carbocycles. The maximum Gasteiger partial charge on any atom is 0.371 e. The Morgan fingerprint density at radius 2 is 2.25 bits per heavy atom. The van der Waals surface area contributed by atoms with Gasteiger partial charge in [0, 0.05) is 18.0 Å². The highest BCUT2D eigenvalue weighted by Crippen LogP contribution is 2.33. The standard InChI is InChI=1S/C16H19NO3/c1-10(6-11-2-3-11)17-9-12-4-5-14-13(7-12)8-15(20-14)16(18)19/h4-5,7-8,10-11,17H,2-3,6,9H2,1H3,(H,18,19). The van der Waals surface area contributed by atoms with Gasteiger partial charge in [-0.2, -0.15) is 0 Å². The van der Waals surface area contributed by atoms with Gasteiger partial charge in [0.2, 0.25) is 5.76 Å². The summed E-state index contributed by atoms with van der Waals surface area (Å²) in [6, 6.07) is 7.91. The molecule has 4 heteroatoms. The number of nitrogens with one attached hydrogen (secondary N) is 1. The predicted octanol–water partition coefficient (Wildman–Crippen LogP) is 3.41. The zero-order chi connectivity index (χ0) is 14.1. The van der Waals surface area contributed by atoms with Crippen LogP contribution in [-0.2, 0) is 6.54 Å². The number of rotatable bonds is 6. The Morgan fingerprint density at radius 1 is 1.45 bits per heavy atom. The molecular formula is C16H19NO3. The minimum atomic E-state index is -1.03. The quantitative estimate of drug-likeness (QED) is 0.846. The smallest absolute Gasteiger partial charge is 0.371 e. The van der Waals surface area contributed by atoms with Crippen LogP contribution >= 0.6 is 0 Å². The van der Waals surface area contributed by atoms with Gasteiger partial charge in [0.25, 0.3) is 0 Å². The lowest BCUT2D eigenvalue weighted by Gasteiger charge is -2.13. The van der Waals surface area contributed by atoms with Crippen LogP contribution in [0, 0.1) is 5.92 Å². The van der Waals surface area contributed by atoms with Crippen molar-refractivity contribution in [2.75, 3.05) is 0 Å². The van der Waals surface area contributed by atoms with Gasteiger partial charge in [0.15, 0.2) is 0 Å². The number of carbonyl (C=O) groups is 1. The minimum Gasteiger partial charge on any atom is -0.475 e. The Kier molecular flexibility index (Phi) is 3.49. The van der Waals surface area contributed by atoms with Crippen molar-refractivity contribution < 1.29 is 14.3 Å². The van der Waals surface area contributed by atoms with Crippen molar-refractivity contribution >= 4 is 16.9 Å². The van der Waals surface area contributed by atoms with E-state index in [0.717, 1.165) is 23.4 Å². The van der Waals surface area contributed by atoms with E-state index in [1.54, 1.807) is 6.07 Å². The molecule has 1 aromatic heterocycles. The third-order valence-corrected chi connectivity index (χ3v) is 3.83. The zero-order valence-corrected chi connectivity index (χ0v) is 11.6. The summed E-state index contributed by atoms with van der Waals surface area (Å²) in [6.07, 6.45) is 4.01. The summed E-state index contributed by atoms with van der Waals surface area (Å²) in [6.45, 7) is 3.02. The van der Waals surface area contributed by atoms with Gasteiger partial charge < -0.3 is 14.8 Å². The average molecular weight is 273 g/mol. The molecule has 1 fully saturated rings. The van der Waals surface area contributed by atoms with Gasteiger partial charge in [0.05, 0.1) is 0 Å². The molecule has 0 aliphatic heterocycles. The summed E-state index contributed by atoms with van der Waals surface area (Å²) in [4.78, 5) is 10.9. The molecule has 2 N–H and O–H groups in total.